The molecule has 1 amide bonds. The highest BCUT2D eigenvalue weighted by Crippen LogP contribution is 2.20. The van der Waals surface area contributed by atoms with Crippen LogP contribution in [0.4, 0.5) is 9.52 Å². The fourth-order valence-electron chi connectivity index (χ4n) is 3.40. The smallest absolute Gasteiger partial charge is 0.253 e. The molecule has 0 saturated carbocycles. The van der Waals surface area contributed by atoms with E-state index in [0.717, 1.165) is 52.8 Å². The van der Waals surface area contributed by atoms with E-state index in [9.17, 15) is 9.18 Å². The number of nitrogens with one attached hydrogen (secondary N) is 1. The first-order chi connectivity index (χ1) is 14.2. The van der Waals surface area contributed by atoms with E-state index in [0.29, 0.717) is 13.0 Å². The fraction of sp³-hybridized carbons (Fsp3) is 0.318. The maximum atomic E-state index is 13.0. The molecule has 5 nitrogen and oxygen atoms in total. The van der Waals surface area contributed by atoms with Crippen molar-refractivity contribution >= 4 is 22.4 Å². The van der Waals surface area contributed by atoms with E-state index in [4.69, 9.17) is 0 Å². The molecule has 0 atom stereocenters. The van der Waals surface area contributed by atoms with Gasteiger partial charge in [0.15, 0.2) is 0 Å². The molecule has 4 rings (SSSR count). The molecular weight excluding hydrogens is 387 g/mol. The van der Waals surface area contributed by atoms with Gasteiger partial charge >= 0.3 is 0 Å². The van der Waals surface area contributed by atoms with Crippen molar-refractivity contribution in [2.24, 2.45) is 0 Å². The van der Waals surface area contributed by atoms with E-state index in [1.807, 2.05) is 29.2 Å². The summed E-state index contributed by atoms with van der Waals surface area (Å²) in [6.45, 7) is 2.34. The van der Waals surface area contributed by atoms with Crippen molar-refractivity contribution in [3.05, 3.63) is 76.0 Å². The average molecular weight is 411 g/mol. The van der Waals surface area contributed by atoms with Gasteiger partial charge in [0.1, 0.15) is 10.8 Å². The zero-order valence-corrected chi connectivity index (χ0v) is 16.9. The summed E-state index contributed by atoms with van der Waals surface area (Å²) in [5, 5.41) is 13.3. The van der Waals surface area contributed by atoms with Gasteiger partial charge in [-0.3, -0.25) is 4.79 Å². The van der Waals surface area contributed by atoms with Crippen molar-refractivity contribution in [3.63, 3.8) is 0 Å². The van der Waals surface area contributed by atoms with Gasteiger partial charge in [-0.05, 0) is 54.7 Å². The van der Waals surface area contributed by atoms with Gasteiger partial charge in [0.05, 0.1) is 0 Å². The van der Waals surface area contributed by atoms with Gasteiger partial charge in [-0.1, -0.05) is 35.6 Å². The van der Waals surface area contributed by atoms with Crippen LogP contribution in [0.25, 0.3) is 0 Å². The maximum absolute atomic E-state index is 13.0. The molecule has 0 radical (unpaired) electrons. The van der Waals surface area contributed by atoms with Gasteiger partial charge < -0.3 is 10.2 Å². The fourth-order valence-corrected chi connectivity index (χ4v) is 4.17. The Bertz CT molecular complexity index is 950. The first kappa shape index (κ1) is 19.5. The van der Waals surface area contributed by atoms with Gasteiger partial charge in [-0.2, -0.15) is 0 Å². The van der Waals surface area contributed by atoms with E-state index in [-0.39, 0.29) is 11.7 Å². The van der Waals surface area contributed by atoms with Crippen LogP contribution >= 0.6 is 11.3 Å². The first-order valence-electron chi connectivity index (χ1n) is 9.86. The van der Waals surface area contributed by atoms with E-state index in [1.165, 1.54) is 29.9 Å². The third-order valence-electron chi connectivity index (χ3n) is 5.02. The number of carbonyl (C=O) groups is 1. The molecule has 1 N–H and O–H groups in total. The second-order valence-corrected chi connectivity index (χ2v) is 8.27. The molecular formula is C22H23FN4OS. The summed E-state index contributed by atoms with van der Waals surface area (Å²) in [7, 11) is 0. The molecule has 150 valence electrons. The molecule has 0 spiro atoms. The number of benzene rings is 2. The highest BCUT2D eigenvalue weighted by atomic mass is 32.1. The Balaban J connectivity index is 1.30. The summed E-state index contributed by atoms with van der Waals surface area (Å²) in [5.41, 5.74) is 2.83. The molecule has 1 aliphatic heterocycles. The Kier molecular flexibility index (Phi) is 6.14. The van der Waals surface area contributed by atoms with Crippen LogP contribution < -0.4 is 5.32 Å². The van der Waals surface area contributed by atoms with Gasteiger partial charge in [0, 0.05) is 31.6 Å². The molecule has 1 aliphatic rings. The molecule has 1 saturated heterocycles. The number of piperidine rings is 1. The lowest BCUT2D eigenvalue weighted by atomic mass is 10.1. The Labute approximate surface area is 173 Å². The summed E-state index contributed by atoms with van der Waals surface area (Å²) >= 11 is 1.49. The molecule has 1 aromatic heterocycles. The number of rotatable bonds is 6. The number of anilines is 1. The molecule has 1 fully saturated rings. The van der Waals surface area contributed by atoms with Crippen LogP contribution in [0.3, 0.4) is 0 Å². The van der Waals surface area contributed by atoms with E-state index >= 15 is 0 Å². The SMILES string of the molecule is O=C(c1ccc(CNc2nnc(Cc3ccc(F)cc3)s2)cc1)N1CCCCC1. The van der Waals surface area contributed by atoms with Crippen molar-refractivity contribution in [2.75, 3.05) is 18.4 Å². The van der Waals surface area contributed by atoms with Crippen LogP contribution in [-0.2, 0) is 13.0 Å². The van der Waals surface area contributed by atoms with Crippen molar-refractivity contribution in [1.82, 2.24) is 15.1 Å². The Morgan fingerprint density at radius 3 is 2.38 bits per heavy atom. The minimum absolute atomic E-state index is 0.124. The van der Waals surface area contributed by atoms with Gasteiger partial charge in [0.2, 0.25) is 5.13 Å². The normalized spacial score (nSPS) is 14.0. The third kappa shape index (κ3) is 5.17. The van der Waals surface area contributed by atoms with E-state index in [2.05, 4.69) is 15.5 Å². The summed E-state index contributed by atoms with van der Waals surface area (Å²) < 4.78 is 13.0. The molecule has 2 heterocycles. The molecule has 3 aromatic rings. The van der Waals surface area contributed by atoms with Crippen LogP contribution in [0.5, 0.6) is 0 Å². The molecule has 0 aliphatic carbocycles. The van der Waals surface area contributed by atoms with Gasteiger partial charge in [0.25, 0.3) is 5.91 Å². The van der Waals surface area contributed by atoms with Crippen LogP contribution in [0.1, 0.15) is 45.8 Å². The predicted molar refractivity (Wildman–Crippen MR) is 113 cm³/mol. The number of hydrogen-bond acceptors (Lipinski definition) is 5. The van der Waals surface area contributed by atoms with Crippen molar-refractivity contribution in [3.8, 4) is 0 Å². The highest BCUT2D eigenvalue weighted by molar-refractivity contribution is 7.15. The van der Waals surface area contributed by atoms with Gasteiger partial charge in [-0.25, -0.2) is 4.39 Å². The minimum atomic E-state index is -0.239. The standard InChI is InChI=1S/C22H23FN4OS/c23-19-10-6-16(7-11-19)14-20-25-26-22(29-20)24-15-17-4-8-18(9-5-17)21(28)27-12-2-1-3-13-27/h4-11H,1-3,12-15H2,(H,24,26). The van der Waals surface area contributed by atoms with Crippen molar-refractivity contribution in [2.45, 2.75) is 32.2 Å². The lowest BCUT2D eigenvalue weighted by Crippen LogP contribution is -2.35. The summed E-state index contributed by atoms with van der Waals surface area (Å²) in [6, 6.07) is 14.2. The van der Waals surface area contributed by atoms with E-state index in [1.54, 1.807) is 12.1 Å². The number of hydrogen-bond donors (Lipinski definition) is 1. The second-order valence-electron chi connectivity index (χ2n) is 7.21. The first-order valence-corrected chi connectivity index (χ1v) is 10.7. The lowest BCUT2D eigenvalue weighted by Gasteiger charge is -2.26. The molecule has 0 bridgehead atoms. The Morgan fingerprint density at radius 1 is 0.966 bits per heavy atom. The number of halogens is 1. The maximum Gasteiger partial charge on any atom is 0.253 e. The Morgan fingerprint density at radius 2 is 1.66 bits per heavy atom. The molecule has 7 heteroatoms. The zero-order chi connectivity index (χ0) is 20.1. The minimum Gasteiger partial charge on any atom is -0.356 e. The largest absolute Gasteiger partial charge is 0.356 e. The molecule has 2 aromatic carbocycles. The monoisotopic (exact) mass is 410 g/mol. The van der Waals surface area contributed by atoms with Crippen molar-refractivity contribution in [1.29, 1.82) is 0 Å². The topological polar surface area (TPSA) is 58.1 Å². The Hall–Kier alpha value is -2.80. The predicted octanol–water partition coefficient (Wildman–Crippen LogP) is 4.51. The summed E-state index contributed by atoms with van der Waals surface area (Å²) in [6.07, 6.45) is 4.04. The van der Waals surface area contributed by atoms with Crippen molar-refractivity contribution < 1.29 is 9.18 Å². The lowest BCUT2D eigenvalue weighted by molar-refractivity contribution is 0.0724. The number of likely N-dealkylation sites (tertiary alicyclic amines) is 1. The van der Waals surface area contributed by atoms with Crippen LogP contribution in [-0.4, -0.2) is 34.1 Å². The second kappa shape index (κ2) is 9.13. The van der Waals surface area contributed by atoms with E-state index < -0.39 is 0 Å². The molecule has 0 unspecified atom stereocenters. The summed E-state index contributed by atoms with van der Waals surface area (Å²) in [5.74, 6) is -0.115. The number of amides is 1. The quantitative estimate of drug-likeness (QED) is 0.650. The van der Waals surface area contributed by atoms with Gasteiger partial charge in [-0.15, -0.1) is 10.2 Å². The number of carbonyl (C=O) groups excluding carboxylic acids is 1. The third-order valence-corrected chi connectivity index (χ3v) is 5.90. The zero-order valence-electron chi connectivity index (χ0n) is 16.1. The number of nitrogens with zero attached hydrogens (tertiary/aromatic N) is 3. The highest BCUT2D eigenvalue weighted by Gasteiger charge is 2.17. The average Bonchev–Trinajstić information content (AvgIpc) is 3.22. The number of aromatic nitrogens is 2. The van der Waals surface area contributed by atoms with Crippen LogP contribution in [0.15, 0.2) is 48.5 Å². The van der Waals surface area contributed by atoms with Crippen LogP contribution in [0, 0.1) is 5.82 Å². The van der Waals surface area contributed by atoms with Crippen LogP contribution in [0.2, 0.25) is 0 Å². The molecule has 29 heavy (non-hydrogen) atoms. The summed E-state index contributed by atoms with van der Waals surface area (Å²) in [4.78, 5) is 14.5.